The predicted octanol–water partition coefficient (Wildman–Crippen LogP) is 4.71. The van der Waals surface area contributed by atoms with Crippen LogP contribution in [0.3, 0.4) is 0 Å². The van der Waals surface area contributed by atoms with Crippen molar-refractivity contribution in [1.29, 1.82) is 0 Å². The molecule has 0 aromatic rings. The van der Waals surface area contributed by atoms with Crippen molar-refractivity contribution in [2.75, 3.05) is 13.1 Å². The standard InChI is InChI=1S/C17H33N/c1-15(2,3)13-14-7-8-17(14)9-11-18(12-10-17)16(4,5)6/h14H,7-13H2,1-6H3. The molecule has 1 heteroatoms. The predicted molar refractivity (Wildman–Crippen MR) is 79.8 cm³/mol. The molecule has 0 N–H and O–H groups in total. The lowest BCUT2D eigenvalue weighted by molar-refractivity contribution is -0.0678. The first-order chi connectivity index (χ1) is 8.12. The van der Waals surface area contributed by atoms with Crippen molar-refractivity contribution in [2.45, 2.75) is 79.2 Å². The number of rotatable bonds is 1. The Labute approximate surface area is 114 Å². The van der Waals surface area contributed by atoms with Crippen LogP contribution in [0.25, 0.3) is 0 Å². The average molecular weight is 251 g/mol. The lowest BCUT2D eigenvalue weighted by Crippen LogP contribution is -2.54. The molecule has 0 bridgehead atoms. The molecule has 1 unspecified atom stereocenters. The van der Waals surface area contributed by atoms with Gasteiger partial charge in [-0.1, -0.05) is 20.8 Å². The smallest absolute Gasteiger partial charge is 0.0125 e. The van der Waals surface area contributed by atoms with Crippen molar-refractivity contribution in [2.24, 2.45) is 16.7 Å². The summed E-state index contributed by atoms with van der Waals surface area (Å²) in [5.74, 6) is 1.01. The van der Waals surface area contributed by atoms with Crippen molar-refractivity contribution >= 4 is 0 Å². The number of likely N-dealkylation sites (tertiary alicyclic amines) is 1. The summed E-state index contributed by atoms with van der Waals surface area (Å²) < 4.78 is 0. The minimum atomic E-state index is 0.366. The lowest BCUT2D eigenvalue weighted by atomic mass is 9.52. The van der Waals surface area contributed by atoms with Gasteiger partial charge >= 0.3 is 0 Å². The zero-order chi connectivity index (χ0) is 13.6. The van der Waals surface area contributed by atoms with Gasteiger partial charge in [0.15, 0.2) is 0 Å². The largest absolute Gasteiger partial charge is 0.298 e. The third-order valence-corrected chi connectivity index (χ3v) is 5.42. The molecule has 1 saturated heterocycles. The monoisotopic (exact) mass is 251 g/mol. The van der Waals surface area contributed by atoms with Gasteiger partial charge in [0.25, 0.3) is 0 Å². The van der Waals surface area contributed by atoms with Crippen molar-refractivity contribution in [1.82, 2.24) is 4.90 Å². The molecule has 1 atom stereocenters. The quantitative estimate of drug-likeness (QED) is 0.652. The van der Waals surface area contributed by atoms with E-state index < -0.39 is 0 Å². The van der Waals surface area contributed by atoms with Crippen LogP contribution in [0.2, 0.25) is 0 Å². The Balaban J connectivity index is 1.92. The van der Waals surface area contributed by atoms with Gasteiger partial charge in [0.05, 0.1) is 0 Å². The number of hydrogen-bond donors (Lipinski definition) is 0. The first-order valence-corrected chi connectivity index (χ1v) is 7.88. The normalized spacial score (nSPS) is 29.3. The Morgan fingerprint density at radius 2 is 1.50 bits per heavy atom. The summed E-state index contributed by atoms with van der Waals surface area (Å²) in [7, 11) is 0. The first kappa shape index (κ1) is 14.4. The summed E-state index contributed by atoms with van der Waals surface area (Å²) in [5, 5.41) is 0. The highest BCUT2D eigenvalue weighted by Gasteiger charge is 2.49. The zero-order valence-corrected chi connectivity index (χ0v) is 13.5. The Morgan fingerprint density at radius 1 is 0.944 bits per heavy atom. The van der Waals surface area contributed by atoms with Gasteiger partial charge in [0.1, 0.15) is 0 Å². The summed E-state index contributed by atoms with van der Waals surface area (Å²) in [6.45, 7) is 16.9. The number of hydrogen-bond acceptors (Lipinski definition) is 1. The molecule has 0 radical (unpaired) electrons. The van der Waals surface area contributed by atoms with E-state index in [2.05, 4.69) is 46.4 Å². The van der Waals surface area contributed by atoms with Gasteiger partial charge in [0, 0.05) is 5.54 Å². The topological polar surface area (TPSA) is 3.24 Å². The molecule has 1 aliphatic heterocycles. The van der Waals surface area contributed by atoms with E-state index in [0.29, 0.717) is 11.0 Å². The molecule has 1 nitrogen and oxygen atoms in total. The second-order valence-corrected chi connectivity index (χ2v) is 9.02. The Morgan fingerprint density at radius 3 is 1.83 bits per heavy atom. The Kier molecular flexibility index (Phi) is 3.60. The van der Waals surface area contributed by atoms with E-state index in [4.69, 9.17) is 0 Å². The van der Waals surface area contributed by atoms with Crippen LogP contribution in [0.15, 0.2) is 0 Å². The summed E-state index contributed by atoms with van der Waals surface area (Å²) in [5.41, 5.74) is 1.61. The van der Waals surface area contributed by atoms with Crippen LogP contribution in [-0.4, -0.2) is 23.5 Å². The third kappa shape index (κ3) is 2.92. The molecule has 0 aromatic carbocycles. The third-order valence-electron chi connectivity index (χ3n) is 5.42. The summed E-state index contributed by atoms with van der Waals surface area (Å²) in [4.78, 5) is 2.69. The second-order valence-electron chi connectivity index (χ2n) is 9.02. The highest BCUT2D eigenvalue weighted by molar-refractivity contribution is 5.01. The summed E-state index contributed by atoms with van der Waals surface area (Å²) in [6.07, 6.45) is 7.33. The second kappa shape index (κ2) is 4.51. The van der Waals surface area contributed by atoms with Crippen molar-refractivity contribution < 1.29 is 0 Å². The summed E-state index contributed by atoms with van der Waals surface area (Å²) in [6, 6.07) is 0. The molecule has 2 fully saturated rings. The fraction of sp³-hybridized carbons (Fsp3) is 1.00. The molecule has 18 heavy (non-hydrogen) atoms. The minimum absolute atomic E-state index is 0.366. The van der Waals surface area contributed by atoms with E-state index in [-0.39, 0.29) is 0 Å². The van der Waals surface area contributed by atoms with Gasteiger partial charge in [-0.05, 0) is 82.7 Å². The van der Waals surface area contributed by atoms with Gasteiger partial charge in [-0.3, -0.25) is 4.90 Å². The van der Waals surface area contributed by atoms with E-state index in [1.54, 1.807) is 0 Å². The molecule has 1 aliphatic carbocycles. The maximum atomic E-state index is 2.69. The molecule has 1 spiro atoms. The first-order valence-electron chi connectivity index (χ1n) is 7.88. The van der Waals surface area contributed by atoms with Gasteiger partial charge < -0.3 is 0 Å². The SMILES string of the molecule is CC(C)(C)CC1CCC12CCN(C(C)(C)C)CC2. The van der Waals surface area contributed by atoms with Crippen LogP contribution in [0.1, 0.15) is 73.6 Å². The van der Waals surface area contributed by atoms with Crippen molar-refractivity contribution in [3.05, 3.63) is 0 Å². The molecule has 0 aromatic heterocycles. The summed E-state index contributed by atoms with van der Waals surface area (Å²) >= 11 is 0. The van der Waals surface area contributed by atoms with Crippen molar-refractivity contribution in [3.63, 3.8) is 0 Å². The molecule has 2 rings (SSSR count). The maximum absolute atomic E-state index is 2.69. The Hall–Kier alpha value is -0.0400. The van der Waals surface area contributed by atoms with Crippen molar-refractivity contribution in [3.8, 4) is 0 Å². The molecule has 1 saturated carbocycles. The molecule has 106 valence electrons. The van der Waals surface area contributed by atoms with Gasteiger partial charge in [0.2, 0.25) is 0 Å². The Bertz CT molecular complexity index is 284. The molecule has 2 aliphatic rings. The van der Waals surface area contributed by atoms with Gasteiger partial charge in [-0.2, -0.15) is 0 Å². The van der Waals surface area contributed by atoms with Crippen LogP contribution >= 0.6 is 0 Å². The van der Waals surface area contributed by atoms with Gasteiger partial charge in [-0.25, -0.2) is 0 Å². The fourth-order valence-corrected chi connectivity index (χ4v) is 4.10. The molecular weight excluding hydrogens is 218 g/mol. The number of piperidine rings is 1. The number of nitrogens with zero attached hydrogens (tertiary/aromatic N) is 1. The highest BCUT2D eigenvalue weighted by Crippen LogP contribution is 2.57. The molecular formula is C17H33N. The average Bonchev–Trinajstić information content (AvgIpc) is 2.22. The zero-order valence-electron chi connectivity index (χ0n) is 13.5. The molecule has 0 amide bonds. The molecule has 1 heterocycles. The van der Waals surface area contributed by atoms with Crippen LogP contribution in [-0.2, 0) is 0 Å². The van der Waals surface area contributed by atoms with E-state index in [1.165, 1.54) is 45.2 Å². The van der Waals surface area contributed by atoms with E-state index in [0.717, 1.165) is 11.3 Å². The van der Waals surface area contributed by atoms with Crippen LogP contribution in [0.5, 0.6) is 0 Å². The van der Waals surface area contributed by atoms with E-state index >= 15 is 0 Å². The van der Waals surface area contributed by atoms with Crippen LogP contribution in [0.4, 0.5) is 0 Å². The van der Waals surface area contributed by atoms with Crippen LogP contribution in [0, 0.1) is 16.7 Å². The minimum Gasteiger partial charge on any atom is -0.298 e. The maximum Gasteiger partial charge on any atom is 0.0125 e. The highest BCUT2D eigenvalue weighted by atomic mass is 15.2. The van der Waals surface area contributed by atoms with E-state index in [9.17, 15) is 0 Å². The lowest BCUT2D eigenvalue weighted by Gasteiger charge is -2.57. The van der Waals surface area contributed by atoms with Gasteiger partial charge in [-0.15, -0.1) is 0 Å². The van der Waals surface area contributed by atoms with Crippen LogP contribution < -0.4 is 0 Å². The van der Waals surface area contributed by atoms with E-state index in [1.807, 2.05) is 0 Å². The fourth-order valence-electron chi connectivity index (χ4n) is 4.10.